The third kappa shape index (κ3) is 4.10. The molecule has 0 saturated carbocycles. The van der Waals surface area contributed by atoms with Crippen LogP contribution in [-0.4, -0.2) is 56.4 Å². The SMILES string of the molecule is C=CCS(=O)(=O)C(C)C(=O)N1CCN(c2ccc(F)cc2)CC1. The molecule has 1 heterocycles. The number of carbonyl (C=O) groups excluding carboxylic acids is 1. The van der Waals surface area contributed by atoms with Gasteiger partial charge in [0.1, 0.15) is 11.1 Å². The zero-order valence-corrected chi connectivity index (χ0v) is 13.9. The van der Waals surface area contributed by atoms with Gasteiger partial charge < -0.3 is 9.80 Å². The van der Waals surface area contributed by atoms with Crippen LogP contribution in [0.2, 0.25) is 0 Å². The Kier molecular flexibility index (Phi) is 5.41. The van der Waals surface area contributed by atoms with Gasteiger partial charge in [0.05, 0.1) is 5.75 Å². The van der Waals surface area contributed by atoms with Crippen LogP contribution in [0.5, 0.6) is 0 Å². The van der Waals surface area contributed by atoms with Gasteiger partial charge in [-0.3, -0.25) is 4.79 Å². The third-order valence-corrected chi connectivity index (χ3v) is 6.00. The normalized spacial score (nSPS) is 17.0. The lowest BCUT2D eigenvalue weighted by molar-refractivity contribution is -0.130. The van der Waals surface area contributed by atoms with Crippen molar-refractivity contribution in [3.63, 3.8) is 0 Å². The maximum Gasteiger partial charge on any atom is 0.240 e. The fourth-order valence-electron chi connectivity index (χ4n) is 2.56. The van der Waals surface area contributed by atoms with Crippen LogP contribution in [0.1, 0.15) is 6.92 Å². The molecule has 0 N–H and O–H groups in total. The second kappa shape index (κ2) is 7.12. The van der Waals surface area contributed by atoms with Gasteiger partial charge in [-0.2, -0.15) is 0 Å². The highest BCUT2D eigenvalue weighted by molar-refractivity contribution is 7.92. The summed E-state index contributed by atoms with van der Waals surface area (Å²) in [4.78, 5) is 16.0. The molecule has 7 heteroatoms. The van der Waals surface area contributed by atoms with Crippen molar-refractivity contribution in [1.82, 2.24) is 4.90 Å². The molecule has 1 unspecified atom stereocenters. The maximum atomic E-state index is 12.9. The predicted molar refractivity (Wildman–Crippen MR) is 88.6 cm³/mol. The van der Waals surface area contributed by atoms with E-state index in [4.69, 9.17) is 0 Å². The van der Waals surface area contributed by atoms with E-state index < -0.39 is 15.1 Å². The van der Waals surface area contributed by atoms with E-state index in [1.165, 1.54) is 25.1 Å². The number of benzene rings is 1. The van der Waals surface area contributed by atoms with E-state index >= 15 is 0 Å². The lowest BCUT2D eigenvalue weighted by Gasteiger charge is -2.37. The lowest BCUT2D eigenvalue weighted by atomic mass is 10.2. The Hall–Kier alpha value is -1.89. The second-order valence-corrected chi connectivity index (χ2v) is 7.92. The topological polar surface area (TPSA) is 57.7 Å². The molecule has 1 aliphatic heterocycles. The first-order chi connectivity index (χ1) is 10.8. The highest BCUT2D eigenvalue weighted by Crippen LogP contribution is 2.18. The Balaban J connectivity index is 1.97. The number of hydrogen-bond acceptors (Lipinski definition) is 4. The second-order valence-electron chi connectivity index (χ2n) is 5.55. The highest BCUT2D eigenvalue weighted by Gasteiger charge is 2.32. The van der Waals surface area contributed by atoms with Crippen LogP contribution in [0, 0.1) is 5.82 Å². The molecule has 1 saturated heterocycles. The quantitative estimate of drug-likeness (QED) is 0.762. The van der Waals surface area contributed by atoms with E-state index in [1.54, 1.807) is 17.0 Å². The van der Waals surface area contributed by atoms with Gasteiger partial charge in [0.15, 0.2) is 9.84 Å². The standard InChI is InChI=1S/C16H21FN2O3S/c1-3-12-23(21,22)13(2)16(20)19-10-8-18(9-11-19)15-6-4-14(17)5-7-15/h3-7,13H,1,8-12H2,2H3. The Morgan fingerprint density at radius 2 is 1.83 bits per heavy atom. The van der Waals surface area contributed by atoms with Crippen molar-refractivity contribution < 1.29 is 17.6 Å². The number of halogens is 1. The molecule has 0 aliphatic carbocycles. The molecule has 1 aromatic carbocycles. The Labute approximate surface area is 136 Å². The van der Waals surface area contributed by atoms with Crippen molar-refractivity contribution in [3.05, 3.63) is 42.7 Å². The molecule has 0 bridgehead atoms. The van der Waals surface area contributed by atoms with Gasteiger partial charge >= 0.3 is 0 Å². The smallest absolute Gasteiger partial charge is 0.240 e. The van der Waals surface area contributed by atoms with Gasteiger partial charge in [0.2, 0.25) is 5.91 Å². The molecule has 0 spiro atoms. The van der Waals surface area contributed by atoms with Gasteiger partial charge in [0, 0.05) is 31.9 Å². The molecule has 126 valence electrons. The average Bonchev–Trinajstić information content (AvgIpc) is 2.54. The molecule has 1 amide bonds. The number of sulfone groups is 1. The summed E-state index contributed by atoms with van der Waals surface area (Å²) < 4.78 is 36.9. The van der Waals surface area contributed by atoms with Crippen molar-refractivity contribution >= 4 is 21.4 Å². The summed E-state index contributed by atoms with van der Waals surface area (Å²) in [6.07, 6.45) is 1.30. The molecule has 0 radical (unpaired) electrons. The van der Waals surface area contributed by atoms with Crippen molar-refractivity contribution in [2.75, 3.05) is 36.8 Å². The van der Waals surface area contributed by atoms with Gasteiger partial charge in [-0.25, -0.2) is 12.8 Å². The maximum absolute atomic E-state index is 12.9. The zero-order valence-electron chi connectivity index (χ0n) is 13.1. The summed E-state index contributed by atoms with van der Waals surface area (Å²) in [6, 6.07) is 6.20. The fraction of sp³-hybridized carbons (Fsp3) is 0.438. The van der Waals surface area contributed by atoms with Crippen LogP contribution >= 0.6 is 0 Å². The van der Waals surface area contributed by atoms with Crippen LogP contribution in [0.4, 0.5) is 10.1 Å². The monoisotopic (exact) mass is 340 g/mol. The zero-order chi connectivity index (χ0) is 17.0. The first-order valence-corrected chi connectivity index (χ1v) is 9.18. The minimum Gasteiger partial charge on any atom is -0.368 e. The van der Waals surface area contributed by atoms with Crippen LogP contribution in [0.15, 0.2) is 36.9 Å². The molecule has 1 atom stereocenters. The summed E-state index contributed by atoms with van der Waals surface area (Å²) in [5.74, 6) is -0.857. The number of hydrogen-bond donors (Lipinski definition) is 0. The van der Waals surface area contributed by atoms with Crippen molar-refractivity contribution in [3.8, 4) is 0 Å². The van der Waals surface area contributed by atoms with Gasteiger partial charge in [-0.1, -0.05) is 6.08 Å². The van der Waals surface area contributed by atoms with Gasteiger partial charge in [-0.15, -0.1) is 6.58 Å². The summed E-state index contributed by atoms with van der Waals surface area (Å²) in [5.41, 5.74) is 0.894. The number of anilines is 1. The van der Waals surface area contributed by atoms with E-state index in [2.05, 4.69) is 6.58 Å². The average molecular weight is 340 g/mol. The molecule has 1 aromatic rings. The largest absolute Gasteiger partial charge is 0.368 e. The van der Waals surface area contributed by atoms with Crippen LogP contribution in [0.3, 0.4) is 0 Å². The molecular formula is C16H21FN2O3S. The molecule has 1 aliphatic rings. The summed E-state index contributed by atoms with van der Waals surface area (Å²) in [6.45, 7) is 6.91. The molecule has 1 fully saturated rings. The van der Waals surface area contributed by atoms with Gasteiger partial charge in [-0.05, 0) is 31.2 Å². The molecule has 0 aromatic heterocycles. The van der Waals surface area contributed by atoms with E-state index in [-0.39, 0.29) is 17.5 Å². The van der Waals surface area contributed by atoms with Crippen molar-refractivity contribution in [2.45, 2.75) is 12.2 Å². The highest BCUT2D eigenvalue weighted by atomic mass is 32.2. The van der Waals surface area contributed by atoms with E-state index in [1.807, 2.05) is 4.90 Å². The van der Waals surface area contributed by atoms with Crippen LogP contribution in [0.25, 0.3) is 0 Å². The predicted octanol–water partition coefficient (Wildman–Crippen LogP) is 1.46. The first kappa shape index (κ1) is 17.5. The summed E-state index contributed by atoms with van der Waals surface area (Å²) >= 11 is 0. The molecular weight excluding hydrogens is 319 g/mol. The Morgan fingerprint density at radius 3 is 2.35 bits per heavy atom. The Morgan fingerprint density at radius 1 is 1.26 bits per heavy atom. The van der Waals surface area contributed by atoms with Crippen LogP contribution in [-0.2, 0) is 14.6 Å². The number of rotatable bonds is 5. The number of amides is 1. The minimum absolute atomic E-state index is 0.199. The van der Waals surface area contributed by atoms with E-state index in [9.17, 15) is 17.6 Å². The third-order valence-electron chi connectivity index (χ3n) is 4.02. The molecule has 23 heavy (non-hydrogen) atoms. The lowest BCUT2D eigenvalue weighted by Crippen LogP contribution is -2.52. The van der Waals surface area contributed by atoms with E-state index in [0.717, 1.165) is 5.69 Å². The number of piperazine rings is 1. The first-order valence-electron chi connectivity index (χ1n) is 7.47. The van der Waals surface area contributed by atoms with Crippen molar-refractivity contribution in [2.24, 2.45) is 0 Å². The molecule has 5 nitrogen and oxygen atoms in total. The molecule has 2 rings (SSSR count). The van der Waals surface area contributed by atoms with Gasteiger partial charge in [0.25, 0.3) is 0 Å². The minimum atomic E-state index is -3.49. The number of carbonyl (C=O) groups is 1. The number of nitrogens with zero attached hydrogens (tertiary/aromatic N) is 2. The van der Waals surface area contributed by atoms with E-state index in [0.29, 0.717) is 26.2 Å². The summed E-state index contributed by atoms with van der Waals surface area (Å²) in [7, 11) is -3.49. The summed E-state index contributed by atoms with van der Waals surface area (Å²) in [5, 5.41) is -1.06. The fourth-order valence-corrected chi connectivity index (χ4v) is 3.63. The van der Waals surface area contributed by atoms with Crippen molar-refractivity contribution in [1.29, 1.82) is 0 Å². The Bertz CT molecular complexity index is 665. The van der Waals surface area contributed by atoms with Crippen LogP contribution < -0.4 is 4.90 Å².